The van der Waals surface area contributed by atoms with Gasteiger partial charge in [-0.2, -0.15) is 0 Å². The minimum absolute atomic E-state index is 0.301. The lowest BCUT2D eigenvalue weighted by molar-refractivity contribution is 0.326. The molecule has 4 heteroatoms. The molecule has 0 bridgehead atoms. The second-order valence-electron chi connectivity index (χ2n) is 3.70. The number of hydrogen-bond donors (Lipinski definition) is 1. The molecule has 1 aliphatic rings. The van der Waals surface area contributed by atoms with E-state index < -0.39 is 0 Å². The summed E-state index contributed by atoms with van der Waals surface area (Å²) in [6.07, 6.45) is 2.59. The minimum atomic E-state index is 0.301. The minimum Gasteiger partial charge on any atom is -0.493 e. The third kappa shape index (κ3) is 1.39. The summed E-state index contributed by atoms with van der Waals surface area (Å²) in [6, 6.07) is 7.86. The highest BCUT2D eigenvalue weighted by Crippen LogP contribution is 2.33. The quantitative estimate of drug-likeness (QED) is 0.723. The second kappa shape index (κ2) is 3.48. The number of fused-ring (bicyclic) bond motifs is 3. The Kier molecular flexibility index (Phi) is 1.99. The number of hydrogen-bond acceptors (Lipinski definition) is 4. The molecular formula is C12H11N3O. The van der Waals surface area contributed by atoms with Crippen LogP contribution in [0.25, 0.3) is 11.3 Å². The zero-order chi connectivity index (χ0) is 11.0. The Labute approximate surface area is 93.1 Å². The summed E-state index contributed by atoms with van der Waals surface area (Å²) in [5, 5.41) is 0. The Morgan fingerprint density at radius 2 is 2.12 bits per heavy atom. The summed E-state index contributed by atoms with van der Waals surface area (Å²) in [6.45, 7) is 0.650. The first-order valence-corrected chi connectivity index (χ1v) is 5.18. The Morgan fingerprint density at radius 1 is 1.25 bits per heavy atom. The Hall–Kier alpha value is -2.10. The molecular weight excluding hydrogens is 202 g/mol. The van der Waals surface area contributed by atoms with E-state index in [1.807, 2.05) is 24.3 Å². The van der Waals surface area contributed by atoms with Crippen LogP contribution >= 0.6 is 0 Å². The van der Waals surface area contributed by atoms with Crippen molar-refractivity contribution >= 4 is 5.95 Å². The molecule has 3 rings (SSSR count). The van der Waals surface area contributed by atoms with Crippen LogP contribution in [-0.4, -0.2) is 16.6 Å². The van der Waals surface area contributed by atoms with Crippen LogP contribution in [0.2, 0.25) is 0 Å². The van der Waals surface area contributed by atoms with E-state index in [9.17, 15) is 0 Å². The van der Waals surface area contributed by atoms with Crippen molar-refractivity contribution in [3.8, 4) is 17.0 Å². The number of rotatable bonds is 0. The van der Waals surface area contributed by atoms with Crippen molar-refractivity contribution in [2.24, 2.45) is 0 Å². The van der Waals surface area contributed by atoms with Crippen molar-refractivity contribution in [1.82, 2.24) is 9.97 Å². The maximum Gasteiger partial charge on any atom is 0.220 e. The van der Waals surface area contributed by atoms with Gasteiger partial charge in [0.1, 0.15) is 5.75 Å². The van der Waals surface area contributed by atoms with Crippen LogP contribution in [0.3, 0.4) is 0 Å². The van der Waals surface area contributed by atoms with Gasteiger partial charge in [0.15, 0.2) is 0 Å². The highest BCUT2D eigenvalue weighted by atomic mass is 16.5. The molecule has 1 aromatic heterocycles. The standard InChI is InChI=1S/C12H11N3O/c13-12-14-7-8-5-6-16-10-4-2-1-3-9(10)11(8)15-12/h1-4,7H,5-6H2,(H2,13,14,15). The number of anilines is 1. The van der Waals surface area contributed by atoms with E-state index in [-0.39, 0.29) is 0 Å². The van der Waals surface area contributed by atoms with E-state index in [1.165, 1.54) is 0 Å². The van der Waals surface area contributed by atoms with Gasteiger partial charge in [0.25, 0.3) is 0 Å². The molecule has 0 fully saturated rings. The van der Waals surface area contributed by atoms with E-state index in [0.29, 0.717) is 12.6 Å². The predicted molar refractivity (Wildman–Crippen MR) is 61.1 cm³/mol. The maximum atomic E-state index is 5.66. The van der Waals surface area contributed by atoms with Crippen molar-refractivity contribution in [2.75, 3.05) is 12.3 Å². The second-order valence-corrected chi connectivity index (χ2v) is 3.70. The summed E-state index contributed by atoms with van der Waals surface area (Å²) < 4.78 is 5.66. The summed E-state index contributed by atoms with van der Waals surface area (Å²) in [4.78, 5) is 8.32. The number of para-hydroxylation sites is 1. The Balaban J connectivity index is 2.28. The van der Waals surface area contributed by atoms with Crippen LogP contribution in [0, 0.1) is 0 Å². The first-order valence-electron chi connectivity index (χ1n) is 5.18. The molecule has 0 saturated carbocycles. The van der Waals surface area contributed by atoms with Crippen LogP contribution < -0.4 is 10.5 Å². The van der Waals surface area contributed by atoms with Crippen LogP contribution in [0.1, 0.15) is 5.56 Å². The lowest BCUT2D eigenvalue weighted by Gasteiger charge is -2.06. The van der Waals surface area contributed by atoms with Gasteiger partial charge in [0.2, 0.25) is 5.95 Å². The Morgan fingerprint density at radius 3 is 3.06 bits per heavy atom. The fraction of sp³-hybridized carbons (Fsp3) is 0.167. The van der Waals surface area contributed by atoms with Gasteiger partial charge in [-0.3, -0.25) is 0 Å². The highest BCUT2D eigenvalue weighted by Gasteiger charge is 2.16. The molecule has 16 heavy (non-hydrogen) atoms. The molecule has 0 saturated heterocycles. The summed E-state index contributed by atoms with van der Waals surface area (Å²) in [5.41, 5.74) is 8.59. The van der Waals surface area contributed by atoms with Gasteiger partial charge in [0, 0.05) is 23.7 Å². The average Bonchev–Trinajstić information content (AvgIpc) is 2.48. The number of nitrogen functional groups attached to an aromatic ring is 1. The molecule has 2 N–H and O–H groups in total. The van der Waals surface area contributed by atoms with E-state index in [4.69, 9.17) is 10.5 Å². The van der Waals surface area contributed by atoms with Gasteiger partial charge < -0.3 is 10.5 Å². The first kappa shape index (κ1) is 9.15. The third-order valence-corrected chi connectivity index (χ3v) is 2.65. The molecule has 80 valence electrons. The molecule has 0 unspecified atom stereocenters. The van der Waals surface area contributed by atoms with E-state index in [1.54, 1.807) is 6.20 Å². The summed E-state index contributed by atoms with van der Waals surface area (Å²) in [5.74, 6) is 1.16. The number of benzene rings is 1. The zero-order valence-corrected chi connectivity index (χ0v) is 8.68. The largest absolute Gasteiger partial charge is 0.493 e. The molecule has 0 radical (unpaired) electrons. The predicted octanol–water partition coefficient (Wildman–Crippen LogP) is 1.66. The average molecular weight is 213 g/mol. The molecule has 2 heterocycles. The number of ether oxygens (including phenoxy) is 1. The molecule has 1 aliphatic heterocycles. The van der Waals surface area contributed by atoms with E-state index >= 15 is 0 Å². The first-order chi connectivity index (χ1) is 7.84. The Bertz CT molecular complexity index is 540. The van der Waals surface area contributed by atoms with Gasteiger partial charge >= 0.3 is 0 Å². The van der Waals surface area contributed by atoms with Crippen LogP contribution in [0.15, 0.2) is 30.5 Å². The molecule has 0 aliphatic carbocycles. The van der Waals surface area contributed by atoms with E-state index in [2.05, 4.69) is 9.97 Å². The molecule has 0 spiro atoms. The highest BCUT2D eigenvalue weighted by molar-refractivity contribution is 5.71. The third-order valence-electron chi connectivity index (χ3n) is 2.65. The number of aromatic nitrogens is 2. The lowest BCUT2D eigenvalue weighted by atomic mass is 10.1. The van der Waals surface area contributed by atoms with Crippen molar-refractivity contribution < 1.29 is 4.74 Å². The van der Waals surface area contributed by atoms with Gasteiger partial charge in [-0.25, -0.2) is 9.97 Å². The molecule has 0 amide bonds. The molecule has 2 aromatic rings. The van der Waals surface area contributed by atoms with Crippen molar-refractivity contribution in [1.29, 1.82) is 0 Å². The SMILES string of the molecule is Nc1ncc2c(n1)-c1ccccc1OCC2. The summed E-state index contributed by atoms with van der Waals surface area (Å²) >= 11 is 0. The lowest BCUT2D eigenvalue weighted by Crippen LogP contribution is -2.01. The topological polar surface area (TPSA) is 61.0 Å². The van der Waals surface area contributed by atoms with Crippen LogP contribution in [0.4, 0.5) is 5.95 Å². The normalized spacial score (nSPS) is 13.2. The fourth-order valence-electron chi connectivity index (χ4n) is 1.90. The van der Waals surface area contributed by atoms with Gasteiger partial charge in [0.05, 0.1) is 12.3 Å². The van der Waals surface area contributed by atoms with Crippen molar-refractivity contribution in [3.05, 3.63) is 36.0 Å². The van der Waals surface area contributed by atoms with Crippen molar-refractivity contribution in [3.63, 3.8) is 0 Å². The van der Waals surface area contributed by atoms with Crippen LogP contribution in [0.5, 0.6) is 5.75 Å². The van der Waals surface area contributed by atoms with Gasteiger partial charge in [-0.15, -0.1) is 0 Å². The number of nitrogens with two attached hydrogens (primary N) is 1. The zero-order valence-electron chi connectivity index (χ0n) is 8.68. The number of nitrogens with zero attached hydrogens (tertiary/aromatic N) is 2. The summed E-state index contributed by atoms with van der Waals surface area (Å²) in [7, 11) is 0. The van der Waals surface area contributed by atoms with Crippen LogP contribution in [-0.2, 0) is 6.42 Å². The smallest absolute Gasteiger partial charge is 0.220 e. The maximum absolute atomic E-state index is 5.66. The van der Waals surface area contributed by atoms with Crippen molar-refractivity contribution in [2.45, 2.75) is 6.42 Å². The molecule has 0 atom stereocenters. The monoisotopic (exact) mass is 213 g/mol. The molecule has 1 aromatic carbocycles. The van der Waals surface area contributed by atoms with Gasteiger partial charge in [-0.1, -0.05) is 12.1 Å². The fourth-order valence-corrected chi connectivity index (χ4v) is 1.90. The van der Waals surface area contributed by atoms with Gasteiger partial charge in [-0.05, 0) is 12.1 Å². The molecule has 4 nitrogen and oxygen atoms in total. The van der Waals surface area contributed by atoms with E-state index in [0.717, 1.165) is 29.0 Å².